The Kier molecular flexibility index (Phi) is 4.24. The summed E-state index contributed by atoms with van der Waals surface area (Å²) in [4.78, 5) is 11.7. The van der Waals surface area contributed by atoms with Crippen molar-refractivity contribution in [2.45, 2.75) is 31.8 Å². The van der Waals surface area contributed by atoms with Gasteiger partial charge in [0.2, 0.25) is 0 Å². The van der Waals surface area contributed by atoms with Gasteiger partial charge in [0.05, 0.1) is 18.7 Å². The molecule has 0 fully saturated rings. The molecule has 0 aliphatic heterocycles. The number of amides is 2. The molecule has 1 aromatic carbocycles. The first-order valence-corrected chi connectivity index (χ1v) is 6.86. The molecular formula is C13H17BrN2O2. The van der Waals surface area contributed by atoms with Crippen LogP contribution in [0, 0.1) is 0 Å². The first-order valence-electron chi connectivity index (χ1n) is 6.07. The normalized spacial score (nSPS) is 19.2. The van der Waals surface area contributed by atoms with Crippen LogP contribution in [0.15, 0.2) is 22.7 Å². The number of benzene rings is 1. The van der Waals surface area contributed by atoms with Crippen molar-refractivity contribution in [1.82, 2.24) is 10.6 Å². The van der Waals surface area contributed by atoms with Gasteiger partial charge < -0.3 is 15.7 Å². The molecule has 0 radical (unpaired) electrons. The van der Waals surface area contributed by atoms with Gasteiger partial charge >= 0.3 is 6.03 Å². The van der Waals surface area contributed by atoms with E-state index in [4.69, 9.17) is 5.11 Å². The van der Waals surface area contributed by atoms with Gasteiger partial charge in [0.1, 0.15) is 0 Å². The molecule has 0 spiro atoms. The fourth-order valence-electron chi connectivity index (χ4n) is 2.23. The SMILES string of the molecule is CC(CO)NC(=O)NC1CCc2c(Br)cccc21. The zero-order valence-electron chi connectivity index (χ0n) is 10.2. The molecular weight excluding hydrogens is 296 g/mol. The summed E-state index contributed by atoms with van der Waals surface area (Å²) in [5.41, 5.74) is 2.45. The highest BCUT2D eigenvalue weighted by atomic mass is 79.9. The number of hydrogen-bond acceptors (Lipinski definition) is 2. The Morgan fingerprint density at radius 1 is 1.61 bits per heavy atom. The van der Waals surface area contributed by atoms with E-state index in [1.165, 1.54) is 11.1 Å². The zero-order valence-corrected chi connectivity index (χ0v) is 11.8. The van der Waals surface area contributed by atoms with Crippen LogP contribution >= 0.6 is 15.9 Å². The smallest absolute Gasteiger partial charge is 0.315 e. The van der Waals surface area contributed by atoms with Gasteiger partial charge in [-0.25, -0.2) is 4.79 Å². The molecule has 2 amide bonds. The van der Waals surface area contributed by atoms with E-state index in [1.807, 2.05) is 18.2 Å². The van der Waals surface area contributed by atoms with Crippen LogP contribution < -0.4 is 10.6 Å². The van der Waals surface area contributed by atoms with Gasteiger partial charge in [-0.1, -0.05) is 28.1 Å². The second-order valence-corrected chi connectivity index (χ2v) is 5.45. The van der Waals surface area contributed by atoms with Gasteiger partial charge in [-0.3, -0.25) is 0 Å². The number of hydrogen-bond donors (Lipinski definition) is 3. The Bertz CT molecular complexity index is 451. The third-order valence-electron chi connectivity index (χ3n) is 3.17. The van der Waals surface area contributed by atoms with Crippen molar-refractivity contribution in [3.05, 3.63) is 33.8 Å². The summed E-state index contributed by atoms with van der Waals surface area (Å²) in [5, 5.41) is 14.5. The number of fused-ring (bicyclic) bond motifs is 1. The standard InChI is InChI=1S/C13H17BrN2O2/c1-8(7-17)15-13(18)16-12-6-5-9-10(12)3-2-4-11(9)14/h2-4,8,12,17H,5-7H2,1H3,(H2,15,16,18). The second kappa shape index (κ2) is 5.71. The maximum absolute atomic E-state index is 11.7. The Hall–Kier alpha value is -1.07. The molecule has 0 saturated carbocycles. The number of rotatable bonds is 3. The largest absolute Gasteiger partial charge is 0.394 e. The summed E-state index contributed by atoms with van der Waals surface area (Å²) < 4.78 is 1.11. The van der Waals surface area contributed by atoms with E-state index < -0.39 is 0 Å². The van der Waals surface area contributed by atoms with Crippen LogP contribution in [-0.4, -0.2) is 23.8 Å². The van der Waals surface area contributed by atoms with E-state index in [-0.39, 0.29) is 24.7 Å². The summed E-state index contributed by atoms with van der Waals surface area (Å²) in [6, 6.07) is 5.66. The van der Waals surface area contributed by atoms with Crippen LogP contribution in [0.3, 0.4) is 0 Å². The van der Waals surface area contributed by atoms with Gasteiger partial charge in [-0.2, -0.15) is 0 Å². The zero-order chi connectivity index (χ0) is 13.1. The van der Waals surface area contributed by atoms with E-state index in [0.717, 1.165) is 17.3 Å². The van der Waals surface area contributed by atoms with Gasteiger partial charge in [-0.05, 0) is 37.0 Å². The number of nitrogens with one attached hydrogen (secondary N) is 2. The number of urea groups is 1. The van der Waals surface area contributed by atoms with Crippen molar-refractivity contribution in [1.29, 1.82) is 0 Å². The maximum atomic E-state index is 11.7. The molecule has 3 N–H and O–H groups in total. The molecule has 1 aliphatic carbocycles. The Balaban J connectivity index is 2.02. The minimum absolute atomic E-state index is 0.0553. The van der Waals surface area contributed by atoms with Crippen LogP contribution in [0.4, 0.5) is 4.79 Å². The van der Waals surface area contributed by atoms with Crippen molar-refractivity contribution < 1.29 is 9.90 Å². The van der Waals surface area contributed by atoms with E-state index in [2.05, 4.69) is 26.6 Å². The minimum atomic E-state index is -0.228. The lowest BCUT2D eigenvalue weighted by atomic mass is 10.1. The number of aliphatic hydroxyl groups excluding tert-OH is 1. The first-order chi connectivity index (χ1) is 8.61. The molecule has 1 aromatic rings. The lowest BCUT2D eigenvalue weighted by Gasteiger charge is -2.17. The first kappa shape index (κ1) is 13.4. The Labute approximate surface area is 115 Å². The average Bonchev–Trinajstić information content (AvgIpc) is 2.74. The third kappa shape index (κ3) is 2.84. The quantitative estimate of drug-likeness (QED) is 0.800. The highest BCUT2D eigenvalue weighted by Crippen LogP contribution is 2.35. The molecule has 2 rings (SSSR count). The van der Waals surface area contributed by atoms with Crippen molar-refractivity contribution in [3.63, 3.8) is 0 Å². The van der Waals surface area contributed by atoms with Crippen molar-refractivity contribution >= 4 is 22.0 Å². The second-order valence-electron chi connectivity index (χ2n) is 4.60. The summed E-state index contributed by atoms with van der Waals surface area (Å²) >= 11 is 3.53. The molecule has 1 aliphatic rings. The van der Waals surface area contributed by atoms with Crippen LogP contribution in [0.25, 0.3) is 0 Å². The molecule has 98 valence electrons. The van der Waals surface area contributed by atoms with Crippen LogP contribution in [0.2, 0.25) is 0 Å². The van der Waals surface area contributed by atoms with E-state index in [1.54, 1.807) is 6.92 Å². The Morgan fingerprint density at radius 3 is 3.11 bits per heavy atom. The van der Waals surface area contributed by atoms with Crippen molar-refractivity contribution in [3.8, 4) is 0 Å². The molecule has 0 saturated heterocycles. The van der Waals surface area contributed by atoms with Gasteiger partial charge in [0, 0.05) is 4.47 Å². The average molecular weight is 313 g/mol. The number of aliphatic hydroxyl groups is 1. The molecule has 0 heterocycles. The van der Waals surface area contributed by atoms with E-state index in [0.29, 0.717) is 0 Å². The highest BCUT2D eigenvalue weighted by Gasteiger charge is 2.25. The minimum Gasteiger partial charge on any atom is -0.394 e. The van der Waals surface area contributed by atoms with Crippen molar-refractivity contribution in [2.75, 3.05) is 6.61 Å². The summed E-state index contributed by atoms with van der Waals surface area (Å²) in [6.07, 6.45) is 1.89. The van der Waals surface area contributed by atoms with Gasteiger partial charge in [0.25, 0.3) is 0 Å². The predicted molar refractivity (Wildman–Crippen MR) is 73.4 cm³/mol. The fourth-order valence-corrected chi connectivity index (χ4v) is 2.81. The molecule has 5 heteroatoms. The van der Waals surface area contributed by atoms with Crippen LogP contribution in [-0.2, 0) is 6.42 Å². The van der Waals surface area contributed by atoms with Gasteiger partial charge in [0.15, 0.2) is 0 Å². The Morgan fingerprint density at radius 2 is 2.39 bits per heavy atom. The topological polar surface area (TPSA) is 61.4 Å². The maximum Gasteiger partial charge on any atom is 0.315 e. The van der Waals surface area contributed by atoms with E-state index >= 15 is 0 Å². The molecule has 2 atom stereocenters. The van der Waals surface area contributed by atoms with Crippen LogP contribution in [0.1, 0.15) is 30.5 Å². The fraction of sp³-hybridized carbons (Fsp3) is 0.462. The monoisotopic (exact) mass is 312 g/mol. The van der Waals surface area contributed by atoms with Crippen molar-refractivity contribution in [2.24, 2.45) is 0 Å². The lowest BCUT2D eigenvalue weighted by Crippen LogP contribution is -2.43. The molecule has 0 aromatic heterocycles. The molecule has 4 nitrogen and oxygen atoms in total. The van der Waals surface area contributed by atoms with E-state index in [9.17, 15) is 4.79 Å². The van der Waals surface area contributed by atoms with Gasteiger partial charge in [-0.15, -0.1) is 0 Å². The molecule has 0 bridgehead atoms. The lowest BCUT2D eigenvalue weighted by molar-refractivity contribution is 0.217. The van der Waals surface area contributed by atoms with Crippen LogP contribution in [0.5, 0.6) is 0 Å². The molecule has 2 unspecified atom stereocenters. The third-order valence-corrected chi connectivity index (χ3v) is 3.91. The number of carbonyl (C=O) groups excluding carboxylic acids is 1. The number of halogens is 1. The summed E-state index contributed by atoms with van der Waals surface area (Å²) in [6.45, 7) is 1.71. The highest BCUT2D eigenvalue weighted by molar-refractivity contribution is 9.10. The summed E-state index contributed by atoms with van der Waals surface area (Å²) in [7, 11) is 0. The summed E-state index contributed by atoms with van der Waals surface area (Å²) in [5.74, 6) is 0. The predicted octanol–water partition coefficient (Wildman–Crippen LogP) is 2.12. The molecule has 18 heavy (non-hydrogen) atoms. The number of carbonyl (C=O) groups is 1.